The van der Waals surface area contributed by atoms with Crippen LogP contribution in [-0.2, 0) is 6.42 Å². The minimum atomic E-state index is -0.534. The number of aryl methyl sites for hydroxylation is 1. The van der Waals surface area contributed by atoms with E-state index in [1.165, 1.54) is 0 Å². The van der Waals surface area contributed by atoms with Crippen LogP contribution in [0.15, 0.2) is 16.7 Å². The van der Waals surface area contributed by atoms with E-state index in [9.17, 15) is 5.11 Å². The van der Waals surface area contributed by atoms with Crippen LogP contribution in [0.2, 0.25) is 0 Å². The van der Waals surface area contributed by atoms with E-state index in [0.29, 0.717) is 0 Å². The van der Waals surface area contributed by atoms with E-state index in [2.05, 4.69) is 0 Å². The highest BCUT2D eigenvalue weighted by atomic mass is 16.3. The summed E-state index contributed by atoms with van der Waals surface area (Å²) in [4.78, 5) is 0. The van der Waals surface area contributed by atoms with Crippen molar-refractivity contribution >= 4 is 0 Å². The number of nitrogens with two attached hydrogens (primary N) is 1. The summed E-state index contributed by atoms with van der Waals surface area (Å²) in [6.45, 7) is 3.67. The monoisotopic (exact) mass is 169 g/mol. The molecule has 3 N–H and O–H groups in total. The number of aliphatic hydroxyl groups excluding tert-OH is 1. The highest BCUT2D eigenvalue weighted by Gasteiger charge is 2.16. The second-order valence-electron chi connectivity index (χ2n) is 2.92. The Morgan fingerprint density at radius 3 is 2.83 bits per heavy atom. The van der Waals surface area contributed by atoms with E-state index in [0.717, 1.165) is 17.7 Å². The van der Waals surface area contributed by atoms with E-state index in [1.807, 2.05) is 13.0 Å². The zero-order valence-corrected chi connectivity index (χ0v) is 7.45. The van der Waals surface area contributed by atoms with E-state index in [4.69, 9.17) is 10.2 Å². The average Bonchev–Trinajstić information content (AvgIpc) is 2.49. The molecule has 3 heteroatoms. The molecule has 1 aromatic rings. The summed E-state index contributed by atoms with van der Waals surface area (Å²) in [5.74, 6) is 0.864. The van der Waals surface area contributed by atoms with Crippen LogP contribution in [0.5, 0.6) is 0 Å². The lowest BCUT2D eigenvalue weighted by molar-refractivity contribution is 0.163. The molecule has 0 saturated carbocycles. The zero-order valence-electron chi connectivity index (χ0n) is 7.45. The fourth-order valence-electron chi connectivity index (χ4n) is 1.19. The maximum absolute atomic E-state index is 9.25. The van der Waals surface area contributed by atoms with Crippen LogP contribution in [0, 0.1) is 0 Å². The summed E-state index contributed by atoms with van der Waals surface area (Å²) in [6.07, 6.45) is 1.88. The zero-order chi connectivity index (χ0) is 9.14. The van der Waals surface area contributed by atoms with Gasteiger partial charge in [0.05, 0.1) is 18.4 Å². The summed E-state index contributed by atoms with van der Waals surface area (Å²) < 4.78 is 5.19. The van der Waals surface area contributed by atoms with E-state index in [1.54, 1.807) is 13.2 Å². The Morgan fingerprint density at radius 2 is 2.33 bits per heavy atom. The van der Waals surface area contributed by atoms with Crippen molar-refractivity contribution in [2.24, 2.45) is 5.73 Å². The van der Waals surface area contributed by atoms with E-state index in [-0.39, 0.29) is 6.04 Å². The van der Waals surface area contributed by atoms with Crippen LogP contribution in [0.1, 0.15) is 31.2 Å². The van der Waals surface area contributed by atoms with Gasteiger partial charge in [-0.1, -0.05) is 6.92 Å². The average molecular weight is 169 g/mol. The van der Waals surface area contributed by atoms with Crippen molar-refractivity contribution in [3.05, 3.63) is 23.7 Å². The van der Waals surface area contributed by atoms with Gasteiger partial charge in [-0.05, 0) is 13.0 Å². The molecule has 2 atom stereocenters. The molecular formula is C9H15NO2. The molecule has 0 saturated heterocycles. The van der Waals surface area contributed by atoms with E-state index < -0.39 is 6.10 Å². The topological polar surface area (TPSA) is 59.4 Å². The molecule has 0 aromatic carbocycles. The van der Waals surface area contributed by atoms with Crippen LogP contribution in [-0.4, -0.2) is 11.2 Å². The van der Waals surface area contributed by atoms with Crippen molar-refractivity contribution in [1.82, 2.24) is 0 Å². The fourth-order valence-corrected chi connectivity index (χ4v) is 1.19. The van der Waals surface area contributed by atoms with Crippen LogP contribution in [0.4, 0.5) is 0 Å². The summed E-state index contributed by atoms with van der Waals surface area (Å²) in [6, 6.07) is 1.48. The third kappa shape index (κ3) is 1.68. The van der Waals surface area contributed by atoms with Gasteiger partial charge in [0.2, 0.25) is 0 Å². The molecule has 0 fully saturated rings. The largest absolute Gasteiger partial charge is 0.469 e. The minimum Gasteiger partial charge on any atom is -0.469 e. The number of furan rings is 1. The second-order valence-corrected chi connectivity index (χ2v) is 2.92. The lowest BCUT2D eigenvalue weighted by Crippen LogP contribution is -2.23. The maximum atomic E-state index is 9.25. The number of hydrogen-bond acceptors (Lipinski definition) is 3. The van der Waals surface area contributed by atoms with Crippen LogP contribution in [0.3, 0.4) is 0 Å². The number of aliphatic hydroxyl groups is 1. The predicted octanol–water partition coefficient (Wildman–Crippen LogP) is 1.22. The summed E-state index contributed by atoms with van der Waals surface area (Å²) in [7, 11) is 0. The highest BCUT2D eigenvalue weighted by molar-refractivity contribution is 5.21. The number of hydrogen-bond donors (Lipinski definition) is 2. The van der Waals surface area contributed by atoms with Crippen molar-refractivity contribution in [2.75, 3.05) is 0 Å². The number of rotatable bonds is 3. The summed E-state index contributed by atoms with van der Waals surface area (Å²) in [5.41, 5.74) is 6.66. The molecule has 0 aliphatic rings. The van der Waals surface area contributed by atoms with Crippen molar-refractivity contribution in [1.29, 1.82) is 0 Å². The van der Waals surface area contributed by atoms with Crippen molar-refractivity contribution in [2.45, 2.75) is 32.4 Å². The lowest BCUT2D eigenvalue weighted by Gasteiger charge is -2.13. The van der Waals surface area contributed by atoms with Gasteiger partial charge in [-0.15, -0.1) is 0 Å². The van der Waals surface area contributed by atoms with Gasteiger partial charge in [0.15, 0.2) is 0 Å². The van der Waals surface area contributed by atoms with Gasteiger partial charge in [-0.2, -0.15) is 0 Å². The Morgan fingerprint density at radius 1 is 1.67 bits per heavy atom. The van der Waals surface area contributed by atoms with Gasteiger partial charge in [0.1, 0.15) is 5.76 Å². The molecule has 0 aliphatic heterocycles. The van der Waals surface area contributed by atoms with Crippen LogP contribution in [0.25, 0.3) is 0 Å². The molecule has 0 unspecified atom stereocenters. The van der Waals surface area contributed by atoms with Crippen molar-refractivity contribution < 1.29 is 9.52 Å². The molecule has 0 radical (unpaired) electrons. The molecule has 0 bridgehead atoms. The first kappa shape index (κ1) is 9.29. The standard InChI is InChI=1S/C9H15NO2/c1-3-8-7(4-5-12-8)9(10)6(2)11/h4-6,9,11H,3,10H2,1-2H3/t6-,9-/m1/s1. The first-order valence-electron chi connectivity index (χ1n) is 4.16. The first-order valence-corrected chi connectivity index (χ1v) is 4.16. The van der Waals surface area contributed by atoms with Crippen molar-refractivity contribution in [3.63, 3.8) is 0 Å². The van der Waals surface area contributed by atoms with Gasteiger partial charge in [0, 0.05) is 12.0 Å². The second kappa shape index (κ2) is 3.74. The lowest BCUT2D eigenvalue weighted by atomic mass is 10.0. The Bertz CT molecular complexity index is 242. The Balaban J connectivity index is 2.86. The Labute approximate surface area is 72.2 Å². The third-order valence-electron chi connectivity index (χ3n) is 1.98. The van der Waals surface area contributed by atoms with Gasteiger partial charge >= 0.3 is 0 Å². The minimum absolute atomic E-state index is 0.335. The maximum Gasteiger partial charge on any atom is 0.108 e. The highest BCUT2D eigenvalue weighted by Crippen LogP contribution is 2.20. The fraction of sp³-hybridized carbons (Fsp3) is 0.556. The molecule has 0 amide bonds. The molecule has 0 spiro atoms. The molecule has 0 aliphatic carbocycles. The van der Waals surface area contributed by atoms with Crippen molar-refractivity contribution in [3.8, 4) is 0 Å². The molecule has 1 aromatic heterocycles. The molecule has 3 nitrogen and oxygen atoms in total. The summed E-state index contributed by atoms with van der Waals surface area (Å²) in [5, 5.41) is 9.25. The molecule has 68 valence electrons. The summed E-state index contributed by atoms with van der Waals surface area (Å²) >= 11 is 0. The normalized spacial score (nSPS) is 16.0. The molecule has 1 rings (SSSR count). The Hall–Kier alpha value is -0.800. The van der Waals surface area contributed by atoms with E-state index >= 15 is 0 Å². The predicted molar refractivity (Wildman–Crippen MR) is 46.7 cm³/mol. The molecular weight excluding hydrogens is 154 g/mol. The smallest absolute Gasteiger partial charge is 0.108 e. The SMILES string of the molecule is CCc1occc1[C@H](N)[C@@H](C)O. The van der Waals surface area contributed by atoms with Gasteiger partial charge in [-0.25, -0.2) is 0 Å². The molecule has 1 heterocycles. The Kier molecular flexibility index (Phi) is 2.89. The van der Waals surface area contributed by atoms with Gasteiger partial charge in [-0.3, -0.25) is 0 Å². The molecule has 12 heavy (non-hydrogen) atoms. The van der Waals surface area contributed by atoms with Gasteiger partial charge < -0.3 is 15.3 Å². The van der Waals surface area contributed by atoms with Crippen LogP contribution < -0.4 is 5.73 Å². The quantitative estimate of drug-likeness (QED) is 0.715. The third-order valence-corrected chi connectivity index (χ3v) is 1.98. The van der Waals surface area contributed by atoms with Gasteiger partial charge in [0.25, 0.3) is 0 Å². The first-order chi connectivity index (χ1) is 5.66. The van der Waals surface area contributed by atoms with Crippen LogP contribution >= 0.6 is 0 Å².